The van der Waals surface area contributed by atoms with Crippen molar-refractivity contribution in [3.8, 4) is 0 Å². The van der Waals surface area contributed by atoms with Gasteiger partial charge in [0.25, 0.3) is 10.0 Å². The first-order valence-corrected chi connectivity index (χ1v) is 13.4. The van der Waals surface area contributed by atoms with Gasteiger partial charge in [0.2, 0.25) is 0 Å². The fraction of sp³-hybridized carbons (Fsp3) is 0.417. The van der Waals surface area contributed by atoms with Crippen molar-refractivity contribution in [2.24, 2.45) is 5.92 Å². The summed E-state index contributed by atoms with van der Waals surface area (Å²) in [6, 6.07) is 15.6. The van der Waals surface area contributed by atoms with E-state index in [2.05, 4.69) is 22.3 Å². The summed E-state index contributed by atoms with van der Waals surface area (Å²) in [7, 11) is -3.63. The average Bonchev–Trinajstić information content (AvgIpc) is 3.58. The second-order valence-electron chi connectivity index (χ2n) is 8.57. The molecule has 2 heterocycles. The molecule has 0 bridgehead atoms. The van der Waals surface area contributed by atoms with E-state index in [4.69, 9.17) is 0 Å². The van der Waals surface area contributed by atoms with Crippen LogP contribution in [0.3, 0.4) is 0 Å². The van der Waals surface area contributed by atoms with Gasteiger partial charge in [-0.3, -0.25) is 4.31 Å². The molecule has 0 unspecified atom stereocenters. The molecule has 2 aliphatic rings. The number of benzene rings is 2. The molecule has 1 N–H and O–H groups in total. The third-order valence-corrected chi connectivity index (χ3v) is 9.61. The van der Waals surface area contributed by atoms with Crippen molar-refractivity contribution >= 4 is 42.1 Å². The summed E-state index contributed by atoms with van der Waals surface area (Å²) in [4.78, 5) is 2.67. The lowest BCUT2D eigenvalue weighted by Gasteiger charge is -2.30. The Bertz CT molecular complexity index is 1160. The van der Waals surface area contributed by atoms with Crippen molar-refractivity contribution in [1.82, 2.24) is 5.32 Å². The van der Waals surface area contributed by atoms with Crippen LogP contribution in [0.5, 0.6) is 0 Å². The maximum atomic E-state index is 13.8. The fourth-order valence-electron chi connectivity index (χ4n) is 4.32. The van der Waals surface area contributed by atoms with Crippen LogP contribution in [0.4, 0.5) is 10.7 Å². The van der Waals surface area contributed by atoms with E-state index in [0.29, 0.717) is 17.4 Å². The third-order valence-electron chi connectivity index (χ3n) is 6.39. The predicted octanol–water partition coefficient (Wildman–Crippen LogP) is 4.61. The zero-order valence-corrected chi connectivity index (χ0v) is 19.5. The molecule has 1 aromatic heterocycles. The van der Waals surface area contributed by atoms with Gasteiger partial charge in [-0.25, -0.2) is 8.42 Å². The number of sulfonamides is 1. The Labute approximate surface area is 188 Å². The number of aryl methyl sites for hydroxylation is 1. The lowest BCUT2D eigenvalue weighted by atomic mass is 10.2. The zero-order chi connectivity index (χ0) is 21.4. The minimum Gasteiger partial charge on any atom is -0.369 e. The monoisotopic (exact) mass is 455 g/mol. The van der Waals surface area contributed by atoms with Crippen LogP contribution in [0.2, 0.25) is 0 Å². The van der Waals surface area contributed by atoms with E-state index in [1.807, 2.05) is 31.2 Å². The van der Waals surface area contributed by atoms with Gasteiger partial charge in [-0.2, -0.15) is 0 Å². The van der Waals surface area contributed by atoms with E-state index >= 15 is 0 Å². The third kappa shape index (κ3) is 4.19. The van der Waals surface area contributed by atoms with Crippen molar-refractivity contribution in [3.63, 3.8) is 0 Å². The molecule has 0 amide bonds. The minimum absolute atomic E-state index is 0.374. The molecule has 0 spiro atoms. The smallest absolute Gasteiger partial charge is 0.264 e. The fourth-order valence-corrected chi connectivity index (χ4v) is 7.30. The predicted molar refractivity (Wildman–Crippen MR) is 130 cm³/mol. The van der Waals surface area contributed by atoms with E-state index in [1.165, 1.54) is 12.8 Å². The van der Waals surface area contributed by atoms with Gasteiger partial charge in [0.1, 0.15) is 5.00 Å². The summed E-state index contributed by atoms with van der Waals surface area (Å²) in [5, 5.41) is 5.35. The Morgan fingerprint density at radius 2 is 1.77 bits per heavy atom. The quantitative estimate of drug-likeness (QED) is 0.565. The largest absolute Gasteiger partial charge is 0.369 e. The molecule has 1 aliphatic carbocycles. The molecule has 1 aliphatic heterocycles. The normalized spacial score (nSPS) is 17.3. The lowest BCUT2D eigenvalue weighted by Crippen LogP contribution is -2.43. The second-order valence-corrected chi connectivity index (χ2v) is 11.5. The molecule has 2 fully saturated rings. The number of fused-ring (bicyclic) bond motifs is 1. The molecule has 31 heavy (non-hydrogen) atoms. The van der Waals surface area contributed by atoms with Gasteiger partial charge < -0.3 is 10.2 Å². The molecule has 7 heteroatoms. The molecule has 5 nitrogen and oxygen atoms in total. The number of nitrogens with zero attached hydrogens (tertiary/aromatic N) is 2. The van der Waals surface area contributed by atoms with Gasteiger partial charge >= 0.3 is 0 Å². The van der Waals surface area contributed by atoms with Gasteiger partial charge in [-0.1, -0.05) is 31.0 Å². The van der Waals surface area contributed by atoms with Crippen molar-refractivity contribution in [2.75, 3.05) is 41.9 Å². The highest BCUT2D eigenvalue weighted by Gasteiger charge is 2.31. The molecule has 164 valence electrons. The Balaban J connectivity index is 1.49. The van der Waals surface area contributed by atoms with Crippen molar-refractivity contribution < 1.29 is 8.42 Å². The molecule has 2 aromatic carbocycles. The van der Waals surface area contributed by atoms with Gasteiger partial charge in [0.05, 0.1) is 4.90 Å². The Hall–Kier alpha value is -2.09. The van der Waals surface area contributed by atoms with E-state index < -0.39 is 10.0 Å². The maximum absolute atomic E-state index is 13.8. The summed E-state index contributed by atoms with van der Waals surface area (Å²) < 4.78 is 30.4. The highest BCUT2D eigenvalue weighted by molar-refractivity contribution is 7.93. The molecule has 1 saturated carbocycles. The van der Waals surface area contributed by atoms with Crippen molar-refractivity contribution in [1.29, 1.82) is 0 Å². The number of nitrogens with one attached hydrogen (secondary N) is 1. The number of thiophene rings is 1. The van der Waals surface area contributed by atoms with Crippen LogP contribution >= 0.6 is 11.3 Å². The highest BCUT2D eigenvalue weighted by atomic mass is 32.2. The van der Waals surface area contributed by atoms with E-state index in [-0.39, 0.29) is 0 Å². The Morgan fingerprint density at radius 3 is 2.45 bits per heavy atom. The summed E-state index contributed by atoms with van der Waals surface area (Å²) in [6.45, 7) is 6.39. The Kier molecular flexibility index (Phi) is 5.67. The topological polar surface area (TPSA) is 52.7 Å². The summed E-state index contributed by atoms with van der Waals surface area (Å²) >= 11 is 1.58. The van der Waals surface area contributed by atoms with Crippen molar-refractivity contribution in [2.45, 2.75) is 31.1 Å². The van der Waals surface area contributed by atoms with Gasteiger partial charge in [-0.05, 0) is 60.5 Å². The molecule has 0 radical (unpaired) electrons. The SMILES string of the molecule is Cc1c(N(CCC2CC2)S(=O)(=O)c2ccc(N3CCNCC3)cc2)sc2ccccc12. The van der Waals surface area contributed by atoms with Gasteiger partial charge in [0, 0.05) is 43.1 Å². The number of piperazine rings is 1. The number of hydrogen-bond donors (Lipinski definition) is 1. The number of anilines is 2. The van der Waals surface area contributed by atoms with Crippen LogP contribution < -0.4 is 14.5 Å². The van der Waals surface area contributed by atoms with Crippen LogP contribution in [-0.4, -0.2) is 41.1 Å². The number of rotatable bonds is 7. The standard InChI is InChI=1S/C24H29N3O2S2/c1-18-22-4-2-3-5-23(22)30-24(18)27(15-12-19-6-7-19)31(28,29)21-10-8-20(9-11-21)26-16-13-25-14-17-26/h2-5,8-11,19,25H,6-7,12-17H2,1H3. The maximum Gasteiger partial charge on any atom is 0.264 e. The van der Waals surface area contributed by atoms with Crippen molar-refractivity contribution in [3.05, 3.63) is 54.1 Å². The van der Waals surface area contributed by atoms with E-state index in [0.717, 1.165) is 58.9 Å². The summed E-state index contributed by atoms with van der Waals surface area (Å²) in [5.74, 6) is 0.669. The molecule has 3 aromatic rings. The Morgan fingerprint density at radius 1 is 1.06 bits per heavy atom. The van der Waals surface area contributed by atoms with E-state index in [1.54, 1.807) is 27.8 Å². The number of hydrogen-bond acceptors (Lipinski definition) is 5. The summed E-state index contributed by atoms with van der Waals surface area (Å²) in [5.41, 5.74) is 2.14. The molecule has 1 saturated heterocycles. The molecule has 5 rings (SSSR count). The highest BCUT2D eigenvalue weighted by Crippen LogP contribution is 2.41. The molecular formula is C24H29N3O2S2. The van der Waals surface area contributed by atoms with Crippen LogP contribution in [0.15, 0.2) is 53.4 Å². The van der Waals surface area contributed by atoms with Crippen LogP contribution in [0.25, 0.3) is 10.1 Å². The molecule has 0 atom stereocenters. The first-order valence-electron chi connectivity index (χ1n) is 11.1. The second kappa shape index (κ2) is 8.45. The average molecular weight is 456 g/mol. The first-order chi connectivity index (χ1) is 15.0. The minimum atomic E-state index is -3.63. The molecular weight excluding hydrogens is 426 g/mol. The van der Waals surface area contributed by atoms with E-state index in [9.17, 15) is 8.42 Å². The zero-order valence-electron chi connectivity index (χ0n) is 17.9. The van der Waals surface area contributed by atoms with Gasteiger partial charge in [-0.15, -0.1) is 11.3 Å². The summed E-state index contributed by atoms with van der Waals surface area (Å²) in [6.07, 6.45) is 3.36. The van der Waals surface area contributed by atoms with Gasteiger partial charge in [0.15, 0.2) is 0 Å². The lowest BCUT2D eigenvalue weighted by molar-refractivity contribution is 0.585. The van der Waals surface area contributed by atoms with Crippen LogP contribution in [0, 0.1) is 12.8 Å². The van der Waals surface area contributed by atoms with Crippen LogP contribution in [-0.2, 0) is 10.0 Å². The first kappa shape index (κ1) is 20.8. The van der Waals surface area contributed by atoms with Crippen LogP contribution in [0.1, 0.15) is 24.8 Å².